The minimum absolute atomic E-state index is 0.187. The first kappa shape index (κ1) is 19.5. The van der Waals surface area contributed by atoms with E-state index < -0.39 is 0 Å². The highest BCUT2D eigenvalue weighted by molar-refractivity contribution is 6.05. The maximum Gasteiger partial charge on any atom is 0.257 e. The summed E-state index contributed by atoms with van der Waals surface area (Å²) >= 11 is 0. The van der Waals surface area contributed by atoms with Crippen LogP contribution in [0.4, 0.5) is 15.8 Å². The van der Waals surface area contributed by atoms with Gasteiger partial charge in [0.25, 0.3) is 5.91 Å². The molecule has 4 nitrogen and oxygen atoms in total. The average molecular weight is 377 g/mol. The van der Waals surface area contributed by atoms with Crippen molar-refractivity contribution in [2.24, 2.45) is 0 Å². The lowest BCUT2D eigenvalue weighted by atomic mass is 10.0. The van der Waals surface area contributed by atoms with E-state index in [2.05, 4.69) is 29.5 Å². The molecule has 5 heteroatoms. The number of anilines is 2. The summed E-state index contributed by atoms with van der Waals surface area (Å²) in [4.78, 5) is 17.0. The number of nitrogens with one attached hydrogen (secondary N) is 2. The molecular formula is C23H24FN3O. The fourth-order valence-electron chi connectivity index (χ4n) is 3.06. The molecule has 0 unspecified atom stereocenters. The van der Waals surface area contributed by atoms with Gasteiger partial charge in [0.1, 0.15) is 5.82 Å². The summed E-state index contributed by atoms with van der Waals surface area (Å²) in [7, 11) is 0. The smallest absolute Gasteiger partial charge is 0.257 e. The molecule has 0 fully saturated rings. The molecule has 0 radical (unpaired) electrons. The van der Waals surface area contributed by atoms with Crippen LogP contribution in [0.5, 0.6) is 0 Å². The summed E-state index contributed by atoms with van der Waals surface area (Å²) in [5, 5.41) is 6.28. The lowest BCUT2D eigenvalue weighted by Gasteiger charge is -2.15. The van der Waals surface area contributed by atoms with Crippen LogP contribution < -0.4 is 10.6 Å². The summed E-state index contributed by atoms with van der Waals surface area (Å²) in [5.74, 6) is -0.448. The van der Waals surface area contributed by atoms with Crippen LogP contribution in [0.2, 0.25) is 0 Å². The van der Waals surface area contributed by atoms with Crippen molar-refractivity contribution in [2.75, 3.05) is 10.6 Å². The van der Waals surface area contributed by atoms with Crippen molar-refractivity contribution in [2.45, 2.75) is 33.2 Å². The maximum atomic E-state index is 13.0. The Balaban J connectivity index is 1.73. The fraction of sp³-hybridized carbons (Fsp3) is 0.217. The number of nitrogens with zero attached hydrogens (tertiary/aromatic N) is 1. The maximum absolute atomic E-state index is 13.0. The third-order valence-electron chi connectivity index (χ3n) is 4.65. The van der Waals surface area contributed by atoms with Crippen LogP contribution in [0.25, 0.3) is 0 Å². The van der Waals surface area contributed by atoms with Crippen LogP contribution in [-0.4, -0.2) is 10.9 Å². The second-order valence-corrected chi connectivity index (χ2v) is 6.55. The van der Waals surface area contributed by atoms with E-state index in [1.165, 1.54) is 12.1 Å². The minimum atomic E-state index is -0.261. The number of para-hydroxylation sites is 1. The predicted molar refractivity (Wildman–Crippen MR) is 111 cm³/mol. The molecule has 3 aromatic rings. The zero-order chi connectivity index (χ0) is 19.9. The lowest BCUT2D eigenvalue weighted by Crippen LogP contribution is -2.15. The van der Waals surface area contributed by atoms with Crippen LogP contribution in [0.15, 0.2) is 60.9 Å². The Kier molecular flexibility index (Phi) is 6.37. The van der Waals surface area contributed by atoms with E-state index in [4.69, 9.17) is 0 Å². The molecular weight excluding hydrogens is 353 g/mol. The van der Waals surface area contributed by atoms with Gasteiger partial charge in [0.15, 0.2) is 0 Å². The number of hydrogen-bond acceptors (Lipinski definition) is 3. The first-order valence-electron chi connectivity index (χ1n) is 9.46. The zero-order valence-electron chi connectivity index (χ0n) is 16.1. The zero-order valence-corrected chi connectivity index (χ0v) is 16.1. The van der Waals surface area contributed by atoms with Crippen LogP contribution in [0, 0.1) is 5.82 Å². The highest BCUT2D eigenvalue weighted by Gasteiger charge is 2.12. The number of halogens is 1. The van der Waals surface area contributed by atoms with E-state index in [0.717, 1.165) is 40.9 Å². The number of benzene rings is 2. The molecule has 0 saturated heterocycles. The number of carbonyl (C=O) groups is 1. The van der Waals surface area contributed by atoms with Crippen LogP contribution >= 0.6 is 0 Å². The molecule has 0 aliphatic carbocycles. The Morgan fingerprint density at radius 1 is 1.00 bits per heavy atom. The van der Waals surface area contributed by atoms with E-state index in [1.807, 2.05) is 18.2 Å². The van der Waals surface area contributed by atoms with E-state index in [-0.39, 0.29) is 11.7 Å². The van der Waals surface area contributed by atoms with Crippen molar-refractivity contribution in [1.29, 1.82) is 0 Å². The van der Waals surface area contributed by atoms with Gasteiger partial charge in [-0.15, -0.1) is 0 Å². The predicted octanol–water partition coefficient (Wildman–Crippen LogP) is 5.21. The molecule has 1 aromatic heterocycles. The third kappa shape index (κ3) is 4.74. The van der Waals surface area contributed by atoms with Crippen LogP contribution in [0.3, 0.4) is 0 Å². The molecule has 2 aromatic carbocycles. The summed E-state index contributed by atoms with van der Waals surface area (Å²) in [6.45, 7) is 4.67. The van der Waals surface area contributed by atoms with Gasteiger partial charge in [-0.25, -0.2) is 4.39 Å². The summed E-state index contributed by atoms with van der Waals surface area (Å²) in [6, 6.07) is 14.2. The van der Waals surface area contributed by atoms with Crippen molar-refractivity contribution in [1.82, 2.24) is 4.98 Å². The Morgan fingerprint density at radius 2 is 1.68 bits per heavy atom. The number of aromatic nitrogens is 1. The van der Waals surface area contributed by atoms with Crippen molar-refractivity contribution >= 4 is 17.3 Å². The highest BCUT2D eigenvalue weighted by Crippen LogP contribution is 2.23. The number of aryl methyl sites for hydroxylation is 2. The largest absolute Gasteiger partial charge is 0.380 e. The number of hydrogen-bond donors (Lipinski definition) is 2. The summed E-state index contributed by atoms with van der Waals surface area (Å²) < 4.78 is 13.0. The van der Waals surface area contributed by atoms with E-state index in [9.17, 15) is 9.18 Å². The Labute approximate surface area is 164 Å². The van der Waals surface area contributed by atoms with Gasteiger partial charge in [0.05, 0.1) is 11.3 Å². The fourth-order valence-corrected chi connectivity index (χ4v) is 3.06. The molecule has 28 heavy (non-hydrogen) atoms. The van der Waals surface area contributed by atoms with Gasteiger partial charge in [-0.2, -0.15) is 0 Å². The van der Waals surface area contributed by atoms with Crippen LogP contribution in [0.1, 0.15) is 40.9 Å². The van der Waals surface area contributed by atoms with Gasteiger partial charge in [0.2, 0.25) is 0 Å². The summed E-state index contributed by atoms with van der Waals surface area (Å²) in [6.07, 6.45) is 4.91. The molecule has 1 heterocycles. The van der Waals surface area contributed by atoms with Crippen molar-refractivity contribution in [3.8, 4) is 0 Å². The Morgan fingerprint density at radius 3 is 2.32 bits per heavy atom. The number of carbonyl (C=O) groups excluding carboxylic acids is 1. The van der Waals surface area contributed by atoms with Gasteiger partial charge < -0.3 is 10.6 Å². The monoisotopic (exact) mass is 377 g/mol. The molecule has 2 N–H and O–H groups in total. The lowest BCUT2D eigenvalue weighted by molar-refractivity contribution is 0.102. The number of amides is 1. The SMILES string of the molecule is CCc1cccc(CC)c1NC(=O)c1cncc(NCc2ccc(F)cc2)c1. The first-order chi connectivity index (χ1) is 13.6. The molecule has 0 spiro atoms. The summed E-state index contributed by atoms with van der Waals surface area (Å²) in [5.41, 5.74) is 5.29. The van der Waals surface area contributed by atoms with Crippen LogP contribution in [-0.2, 0) is 19.4 Å². The van der Waals surface area contributed by atoms with Crippen molar-refractivity contribution in [3.63, 3.8) is 0 Å². The molecule has 0 saturated carbocycles. The second kappa shape index (κ2) is 9.13. The average Bonchev–Trinajstić information content (AvgIpc) is 2.73. The number of rotatable bonds is 7. The van der Waals surface area contributed by atoms with Gasteiger partial charge in [-0.05, 0) is 47.7 Å². The molecule has 0 atom stereocenters. The van der Waals surface area contributed by atoms with Crippen molar-refractivity contribution in [3.05, 3.63) is 89.0 Å². The molecule has 0 aliphatic rings. The number of pyridine rings is 1. The van der Waals surface area contributed by atoms with Crippen molar-refractivity contribution < 1.29 is 9.18 Å². The van der Waals surface area contributed by atoms with E-state index in [1.54, 1.807) is 30.6 Å². The second-order valence-electron chi connectivity index (χ2n) is 6.55. The topological polar surface area (TPSA) is 54.0 Å². The van der Waals surface area contributed by atoms with Gasteiger partial charge in [-0.1, -0.05) is 44.2 Å². The molecule has 144 valence electrons. The highest BCUT2D eigenvalue weighted by atomic mass is 19.1. The van der Waals surface area contributed by atoms with E-state index >= 15 is 0 Å². The van der Waals surface area contributed by atoms with Gasteiger partial charge >= 0.3 is 0 Å². The third-order valence-corrected chi connectivity index (χ3v) is 4.65. The quantitative estimate of drug-likeness (QED) is 0.594. The van der Waals surface area contributed by atoms with Gasteiger partial charge in [-0.3, -0.25) is 9.78 Å². The standard InChI is InChI=1S/C23H24FN3O/c1-3-17-6-5-7-18(4-2)22(17)27-23(28)19-12-21(15-25-14-19)26-13-16-8-10-20(24)11-9-16/h5-12,14-15,26H,3-4,13H2,1-2H3,(H,27,28). The molecule has 3 rings (SSSR count). The normalized spacial score (nSPS) is 10.5. The Hall–Kier alpha value is -3.21. The first-order valence-corrected chi connectivity index (χ1v) is 9.46. The van der Waals surface area contributed by atoms with E-state index in [0.29, 0.717) is 12.1 Å². The van der Waals surface area contributed by atoms with Gasteiger partial charge in [0, 0.05) is 24.6 Å². The minimum Gasteiger partial charge on any atom is -0.380 e. The molecule has 0 bridgehead atoms. The molecule has 1 amide bonds. The Bertz CT molecular complexity index is 932. The molecule has 0 aliphatic heterocycles.